The van der Waals surface area contributed by atoms with Crippen LogP contribution in [0.15, 0.2) is 42.6 Å². The molecule has 0 aliphatic heterocycles. The molecule has 1 aliphatic carbocycles. The lowest BCUT2D eigenvalue weighted by atomic mass is 10.0. The summed E-state index contributed by atoms with van der Waals surface area (Å²) in [6.07, 6.45) is 6.16. The molecule has 3 rings (SSSR count). The van der Waals surface area contributed by atoms with E-state index in [0.29, 0.717) is 0 Å². The SMILES string of the molecule is NC1C=C(c2cccc3ncccc23)CC1. The van der Waals surface area contributed by atoms with Crippen LogP contribution in [-0.4, -0.2) is 11.0 Å². The number of rotatable bonds is 1. The Morgan fingerprint density at radius 1 is 1.19 bits per heavy atom. The Balaban J connectivity index is 2.20. The first-order chi connectivity index (χ1) is 7.84. The van der Waals surface area contributed by atoms with Crippen molar-refractivity contribution < 1.29 is 0 Å². The standard InChI is InChI=1S/C14H14N2/c15-11-7-6-10(9-11)12-3-1-5-14-13(12)4-2-8-16-14/h1-5,8-9,11H,6-7,15H2. The second-order valence-electron chi connectivity index (χ2n) is 4.27. The third-order valence-corrected chi connectivity index (χ3v) is 3.15. The zero-order valence-electron chi connectivity index (χ0n) is 9.06. The molecule has 0 amide bonds. The summed E-state index contributed by atoms with van der Waals surface area (Å²) in [5.74, 6) is 0. The molecule has 0 saturated heterocycles. The monoisotopic (exact) mass is 210 g/mol. The first-order valence-electron chi connectivity index (χ1n) is 5.65. The Hall–Kier alpha value is -1.67. The van der Waals surface area contributed by atoms with Gasteiger partial charge in [0.05, 0.1) is 5.52 Å². The summed E-state index contributed by atoms with van der Waals surface area (Å²) >= 11 is 0. The van der Waals surface area contributed by atoms with E-state index < -0.39 is 0 Å². The molecule has 2 N–H and O–H groups in total. The molecule has 0 bridgehead atoms. The van der Waals surface area contributed by atoms with E-state index in [-0.39, 0.29) is 6.04 Å². The third-order valence-electron chi connectivity index (χ3n) is 3.15. The highest BCUT2D eigenvalue weighted by molar-refractivity contribution is 5.92. The Bertz CT molecular complexity index is 552. The van der Waals surface area contributed by atoms with Crippen molar-refractivity contribution in [2.24, 2.45) is 5.73 Å². The number of pyridine rings is 1. The number of benzene rings is 1. The Morgan fingerprint density at radius 2 is 2.12 bits per heavy atom. The second kappa shape index (κ2) is 3.72. The lowest BCUT2D eigenvalue weighted by Gasteiger charge is -2.06. The molecule has 0 radical (unpaired) electrons. The largest absolute Gasteiger partial charge is 0.324 e. The van der Waals surface area contributed by atoms with Gasteiger partial charge in [0, 0.05) is 17.6 Å². The van der Waals surface area contributed by atoms with Crippen LogP contribution in [0.25, 0.3) is 16.5 Å². The van der Waals surface area contributed by atoms with E-state index in [4.69, 9.17) is 5.73 Å². The van der Waals surface area contributed by atoms with Gasteiger partial charge in [-0.1, -0.05) is 24.3 Å². The van der Waals surface area contributed by atoms with E-state index in [1.54, 1.807) is 0 Å². The quantitative estimate of drug-likeness (QED) is 0.786. The molecular weight excluding hydrogens is 196 g/mol. The minimum atomic E-state index is 0.224. The maximum atomic E-state index is 5.91. The molecular formula is C14H14N2. The van der Waals surface area contributed by atoms with Crippen molar-refractivity contribution in [2.75, 3.05) is 0 Å². The molecule has 1 atom stereocenters. The average Bonchev–Trinajstić information content (AvgIpc) is 2.75. The van der Waals surface area contributed by atoms with Gasteiger partial charge in [-0.05, 0) is 36.1 Å². The number of nitrogens with zero attached hydrogens (tertiary/aromatic N) is 1. The van der Waals surface area contributed by atoms with Crippen molar-refractivity contribution >= 4 is 16.5 Å². The van der Waals surface area contributed by atoms with Crippen molar-refractivity contribution in [2.45, 2.75) is 18.9 Å². The Kier molecular flexibility index (Phi) is 2.22. The number of fused-ring (bicyclic) bond motifs is 1. The minimum Gasteiger partial charge on any atom is -0.324 e. The van der Waals surface area contributed by atoms with E-state index in [0.717, 1.165) is 18.4 Å². The molecule has 16 heavy (non-hydrogen) atoms. The minimum absolute atomic E-state index is 0.224. The topological polar surface area (TPSA) is 38.9 Å². The first-order valence-corrected chi connectivity index (χ1v) is 5.65. The zero-order chi connectivity index (χ0) is 11.0. The Morgan fingerprint density at radius 3 is 2.94 bits per heavy atom. The van der Waals surface area contributed by atoms with Crippen LogP contribution in [-0.2, 0) is 0 Å². The summed E-state index contributed by atoms with van der Waals surface area (Å²) in [5.41, 5.74) is 9.63. The van der Waals surface area contributed by atoms with Crippen LogP contribution < -0.4 is 5.73 Å². The molecule has 0 spiro atoms. The van der Waals surface area contributed by atoms with E-state index >= 15 is 0 Å². The highest BCUT2D eigenvalue weighted by atomic mass is 14.6. The summed E-state index contributed by atoms with van der Waals surface area (Å²) in [6, 6.07) is 10.6. The van der Waals surface area contributed by atoms with Crippen LogP contribution >= 0.6 is 0 Å². The highest BCUT2D eigenvalue weighted by Gasteiger charge is 2.14. The molecule has 80 valence electrons. The van der Waals surface area contributed by atoms with Gasteiger partial charge in [0.1, 0.15) is 0 Å². The maximum absolute atomic E-state index is 5.91. The van der Waals surface area contributed by atoms with Gasteiger partial charge in [-0.3, -0.25) is 4.98 Å². The maximum Gasteiger partial charge on any atom is 0.0708 e. The normalized spacial score (nSPS) is 20.1. The number of aromatic nitrogens is 1. The van der Waals surface area contributed by atoms with Gasteiger partial charge < -0.3 is 5.73 Å². The molecule has 1 aromatic heterocycles. The molecule has 1 aliphatic rings. The van der Waals surface area contributed by atoms with E-state index in [1.165, 1.54) is 16.5 Å². The summed E-state index contributed by atoms with van der Waals surface area (Å²) in [7, 11) is 0. The summed E-state index contributed by atoms with van der Waals surface area (Å²) in [4.78, 5) is 4.37. The van der Waals surface area contributed by atoms with Crippen LogP contribution in [0.1, 0.15) is 18.4 Å². The number of hydrogen-bond donors (Lipinski definition) is 1. The molecule has 2 nitrogen and oxygen atoms in total. The fourth-order valence-corrected chi connectivity index (χ4v) is 2.36. The van der Waals surface area contributed by atoms with Crippen molar-refractivity contribution in [1.29, 1.82) is 0 Å². The highest BCUT2D eigenvalue weighted by Crippen LogP contribution is 2.31. The zero-order valence-corrected chi connectivity index (χ0v) is 9.06. The lowest BCUT2D eigenvalue weighted by molar-refractivity contribution is 0.782. The number of nitrogens with two attached hydrogens (primary N) is 1. The van der Waals surface area contributed by atoms with Crippen LogP contribution in [0.5, 0.6) is 0 Å². The van der Waals surface area contributed by atoms with Crippen LogP contribution in [0.2, 0.25) is 0 Å². The van der Waals surface area contributed by atoms with Crippen LogP contribution in [0.3, 0.4) is 0 Å². The molecule has 1 heterocycles. The lowest BCUT2D eigenvalue weighted by Crippen LogP contribution is -2.11. The van der Waals surface area contributed by atoms with E-state index in [9.17, 15) is 0 Å². The van der Waals surface area contributed by atoms with Gasteiger partial charge in [0.15, 0.2) is 0 Å². The number of allylic oxidation sites excluding steroid dienone is 1. The first kappa shape index (κ1) is 9.55. The van der Waals surface area contributed by atoms with Gasteiger partial charge in [0.25, 0.3) is 0 Å². The van der Waals surface area contributed by atoms with Gasteiger partial charge in [-0.2, -0.15) is 0 Å². The predicted molar refractivity (Wildman–Crippen MR) is 66.9 cm³/mol. The summed E-state index contributed by atoms with van der Waals surface area (Å²) in [6.45, 7) is 0. The molecule has 0 saturated carbocycles. The van der Waals surface area contributed by atoms with Crippen molar-refractivity contribution in [3.8, 4) is 0 Å². The molecule has 0 fully saturated rings. The number of hydrogen-bond acceptors (Lipinski definition) is 2. The second-order valence-corrected chi connectivity index (χ2v) is 4.27. The van der Waals surface area contributed by atoms with Gasteiger partial charge in [-0.15, -0.1) is 0 Å². The average molecular weight is 210 g/mol. The summed E-state index contributed by atoms with van der Waals surface area (Å²) < 4.78 is 0. The summed E-state index contributed by atoms with van der Waals surface area (Å²) in [5, 5.41) is 1.23. The van der Waals surface area contributed by atoms with Crippen LogP contribution in [0.4, 0.5) is 0 Å². The van der Waals surface area contributed by atoms with Crippen molar-refractivity contribution in [1.82, 2.24) is 4.98 Å². The molecule has 2 heteroatoms. The predicted octanol–water partition coefficient (Wildman–Crippen LogP) is 2.74. The molecule has 1 unspecified atom stereocenters. The van der Waals surface area contributed by atoms with Crippen molar-refractivity contribution in [3.05, 3.63) is 48.2 Å². The van der Waals surface area contributed by atoms with Crippen molar-refractivity contribution in [3.63, 3.8) is 0 Å². The third kappa shape index (κ3) is 1.51. The fourth-order valence-electron chi connectivity index (χ4n) is 2.36. The molecule has 1 aromatic carbocycles. The fraction of sp³-hybridized carbons (Fsp3) is 0.214. The van der Waals surface area contributed by atoms with Gasteiger partial charge >= 0.3 is 0 Å². The van der Waals surface area contributed by atoms with Crippen LogP contribution in [0, 0.1) is 0 Å². The van der Waals surface area contributed by atoms with Gasteiger partial charge in [-0.25, -0.2) is 0 Å². The Labute approximate surface area is 94.8 Å². The smallest absolute Gasteiger partial charge is 0.0708 e. The van der Waals surface area contributed by atoms with E-state index in [2.05, 4.69) is 29.3 Å². The van der Waals surface area contributed by atoms with Gasteiger partial charge in [0.2, 0.25) is 0 Å². The molecule has 2 aromatic rings. The van der Waals surface area contributed by atoms with E-state index in [1.807, 2.05) is 18.3 Å².